The fourth-order valence-corrected chi connectivity index (χ4v) is 2.97. The summed E-state index contributed by atoms with van der Waals surface area (Å²) in [4.78, 5) is 21.1. The van der Waals surface area contributed by atoms with Gasteiger partial charge in [-0.15, -0.1) is 10.2 Å². The van der Waals surface area contributed by atoms with Crippen LogP contribution in [0.3, 0.4) is 0 Å². The number of anilines is 1. The van der Waals surface area contributed by atoms with E-state index in [0.717, 1.165) is 18.9 Å². The molecule has 1 unspecified atom stereocenters. The zero-order chi connectivity index (χ0) is 17.1. The molecule has 2 aliphatic heterocycles. The average Bonchev–Trinajstić information content (AvgIpc) is 3.23. The van der Waals surface area contributed by atoms with Gasteiger partial charge < -0.3 is 19.3 Å². The summed E-state index contributed by atoms with van der Waals surface area (Å²) in [6.45, 7) is 4.39. The number of H-pyrrole nitrogens is 1. The summed E-state index contributed by atoms with van der Waals surface area (Å²) in [5, 5.41) is 13.8. The Labute approximate surface area is 144 Å². The number of tetrazole rings is 1. The molecule has 2 aromatic heterocycles. The maximum absolute atomic E-state index is 12.7. The third-order valence-electron chi connectivity index (χ3n) is 4.33. The van der Waals surface area contributed by atoms with Crippen LogP contribution in [-0.2, 0) is 9.47 Å². The molecule has 10 nitrogen and oxygen atoms in total. The minimum Gasteiger partial charge on any atom is -0.378 e. The normalized spacial score (nSPS) is 21.4. The smallest absolute Gasteiger partial charge is 0.255 e. The first-order valence-corrected chi connectivity index (χ1v) is 8.24. The number of nitrogens with zero attached hydrogens (tertiary/aromatic N) is 6. The number of carbonyl (C=O) groups is 1. The van der Waals surface area contributed by atoms with E-state index in [9.17, 15) is 4.79 Å². The second-order valence-corrected chi connectivity index (χ2v) is 5.89. The van der Waals surface area contributed by atoms with E-state index in [1.807, 2.05) is 12.1 Å². The van der Waals surface area contributed by atoms with Gasteiger partial charge in [0.15, 0.2) is 0 Å². The summed E-state index contributed by atoms with van der Waals surface area (Å²) in [5.41, 5.74) is 0.561. The van der Waals surface area contributed by atoms with Crippen LogP contribution >= 0.6 is 0 Å². The third-order valence-corrected chi connectivity index (χ3v) is 4.33. The molecule has 2 aromatic rings. The number of pyridine rings is 1. The average molecular weight is 345 g/mol. The van der Waals surface area contributed by atoms with E-state index in [1.165, 1.54) is 0 Å². The van der Waals surface area contributed by atoms with Crippen molar-refractivity contribution in [3.05, 3.63) is 29.7 Å². The molecule has 25 heavy (non-hydrogen) atoms. The topological polar surface area (TPSA) is 109 Å². The summed E-state index contributed by atoms with van der Waals surface area (Å²) in [7, 11) is 0. The van der Waals surface area contributed by atoms with Crippen LogP contribution in [0.15, 0.2) is 18.3 Å². The van der Waals surface area contributed by atoms with Gasteiger partial charge in [-0.1, -0.05) is 5.21 Å². The van der Waals surface area contributed by atoms with Crippen molar-refractivity contribution in [3.63, 3.8) is 0 Å². The first kappa shape index (κ1) is 15.9. The Balaban J connectivity index is 1.43. The predicted octanol–water partition coefficient (Wildman–Crippen LogP) is -0.355. The van der Waals surface area contributed by atoms with E-state index in [1.54, 1.807) is 11.1 Å². The molecule has 1 amide bonds. The first-order chi connectivity index (χ1) is 12.3. The van der Waals surface area contributed by atoms with Crippen LogP contribution in [0.25, 0.3) is 0 Å². The summed E-state index contributed by atoms with van der Waals surface area (Å²) in [5.74, 6) is 1.25. The van der Waals surface area contributed by atoms with Crippen molar-refractivity contribution in [1.29, 1.82) is 0 Å². The number of aromatic amines is 1. The van der Waals surface area contributed by atoms with Gasteiger partial charge in [-0.3, -0.25) is 4.79 Å². The number of hydrogen-bond donors (Lipinski definition) is 1. The van der Waals surface area contributed by atoms with Crippen molar-refractivity contribution in [2.45, 2.75) is 6.10 Å². The molecular formula is C15H19N7O3. The molecule has 10 heteroatoms. The Hall–Kier alpha value is -2.59. The minimum atomic E-state index is -0.364. The van der Waals surface area contributed by atoms with E-state index in [-0.39, 0.29) is 12.0 Å². The van der Waals surface area contributed by atoms with Crippen molar-refractivity contribution in [2.24, 2.45) is 0 Å². The molecule has 132 valence electrons. The lowest BCUT2D eigenvalue weighted by atomic mass is 10.2. The Kier molecular flexibility index (Phi) is 4.53. The molecule has 2 saturated heterocycles. The van der Waals surface area contributed by atoms with Crippen molar-refractivity contribution in [2.75, 3.05) is 50.9 Å². The van der Waals surface area contributed by atoms with Gasteiger partial charge in [0.1, 0.15) is 11.9 Å². The zero-order valence-corrected chi connectivity index (χ0v) is 13.7. The van der Waals surface area contributed by atoms with Crippen LogP contribution in [0.4, 0.5) is 5.82 Å². The first-order valence-electron chi connectivity index (χ1n) is 8.24. The Bertz CT molecular complexity index is 700. The maximum Gasteiger partial charge on any atom is 0.255 e. The largest absolute Gasteiger partial charge is 0.378 e. The van der Waals surface area contributed by atoms with Gasteiger partial charge in [0.2, 0.25) is 5.82 Å². The lowest BCUT2D eigenvalue weighted by molar-refractivity contribution is -0.0268. The standard InChI is InChI=1S/C15H19N7O3/c23-15(22-5-8-25-12(10-22)14-17-19-20-18-14)11-1-2-13(16-9-11)21-3-6-24-7-4-21/h1-2,9,12H,3-8,10H2,(H,17,18,19,20). The molecule has 0 spiro atoms. The summed E-state index contributed by atoms with van der Waals surface area (Å²) >= 11 is 0. The van der Waals surface area contributed by atoms with Crippen LogP contribution < -0.4 is 4.90 Å². The van der Waals surface area contributed by atoms with E-state index < -0.39 is 0 Å². The lowest BCUT2D eigenvalue weighted by Crippen LogP contribution is -2.42. The van der Waals surface area contributed by atoms with Gasteiger partial charge >= 0.3 is 0 Å². The molecule has 0 aromatic carbocycles. The van der Waals surface area contributed by atoms with Crippen molar-refractivity contribution >= 4 is 11.7 Å². The number of carbonyl (C=O) groups excluding carboxylic acids is 1. The van der Waals surface area contributed by atoms with Crippen LogP contribution in [0.5, 0.6) is 0 Å². The molecule has 0 saturated carbocycles. The number of ether oxygens (including phenoxy) is 2. The van der Waals surface area contributed by atoms with Gasteiger partial charge in [-0.2, -0.15) is 5.21 Å². The number of hydrogen-bond acceptors (Lipinski definition) is 8. The zero-order valence-electron chi connectivity index (χ0n) is 13.7. The Morgan fingerprint density at radius 3 is 2.80 bits per heavy atom. The van der Waals surface area contributed by atoms with E-state index >= 15 is 0 Å². The van der Waals surface area contributed by atoms with Crippen molar-refractivity contribution < 1.29 is 14.3 Å². The number of rotatable bonds is 3. The molecular weight excluding hydrogens is 326 g/mol. The molecule has 2 aliphatic rings. The van der Waals surface area contributed by atoms with Gasteiger partial charge in [0, 0.05) is 25.8 Å². The van der Waals surface area contributed by atoms with Crippen molar-refractivity contribution in [1.82, 2.24) is 30.5 Å². The van der Waals surface area contributed by atoms with Crippen molar-refractivity contribution in [3.8, 4) is 0 Å². The van der Waals surface area contributed by atoms with Crippen LogP contribution in [0, 0.1) is 0 Å². The molecule has 1 atom stereocenters. The number of nitrogens with one attached hydrogen (secondary N) is 1. The summed E-state index contributed by atoms with van der Waals surface area (Å²) in [6, 6.07) is 3.70. The molecule has 0 radical (unpaired) electrons. The number of aromatic nitrogens is 5. The fourth-order valence-electron chi connectivity index (χ4n) is 2.97. The van der Waals surface area contributed by atoms with E-state index in [2.05, 4.69) is 30.5 Å². The van der Waals surface area contributed by atoms with E-state index in [0.29, 0.717) is 44.3 Å². The summed E-state index contributed by atoms with van der Waals surface area (Å²) < 4.78 is 11.0. The number of morpholine rings is 2. The van der Waals surface area contributed by atoms with Gasteiger partial charge in [-0.25, -0.2) is 4.98 Å². The molecule has 4 rings (SSSR count). The monoisotopic (exact) mass is 345 g/mol. The highest BCUT2D eigenvalue weighted by Gasteiger charge is 2.28. The molecule has 1 N–H and O–H groups in total. The lowest BCUT2D eigenvalue weighted by Gasteiger charge is -2.31. The van der Waals surface area contributed by atoms with E-state index in [4.69, 9.17) is 9.47 Å². The van der Waals surface area contributed by atoms with Gasteiger partial charge in [0.05, 0.1) is 31.9 Å². The van der Waals surface area contributed by atoms with Gasteiger partial charge in [0.25, 0.3) is 5.91 Å². The maximum atomic E-state index is 12.7. The molecule has 0 aliphatic carbocycles. The Morgan fingerprint density at radius 2 is 2.08 bits per heavy atom. The summed E-state index contributed by atoms with van der Waals surface area (Å²) in [6.07, 6.45) is 1.27. The number of amides is 1. The second-order valence-electron chi connectivity index (χ2n) is 5.89. The minimum absolute atomic E-state index is 0.0715. The third kappa shape index (κ3) is 3.44. The molecule has 4 heterocycles. The quantitative estimate of drug-likeness (QED) is 0.803. The predicted molar refractivity (Wildman–Crippen MR) is 86.0 cm³/mol. The van der Waals surface area contributed by atoms with Crippen LogP contribution in [0.1, 0.15) is 22.3 Å². The fraction of sp³-hybridized carbons (Fsp3) is 0.533. The van der Waals surface area contributed by atoms with Crippen LogP contribution in [-0.4, -0.2) is 82.4 Å². The highest BCUT2D eigenvalue weighted by Crippen LogP contribution is 2.20. The Morgan fingerprint density at radius 1 is 1.20 bits per heavy atom. The van der Waals surface area contributed by atoms with Gasteiger partial charge in [-0.05, 0) is 12.1 Å². The highest BCUT2D eigenvalue weighted by atomic mass is 16.5. The molecule has 2 fully saturated rings. The molecule has 0 bridgehead atoms. The second kappa shape index (κ2) is 7.11. The SMILES string of the molecule is O=C(c1ccc(N2CCOCC2)nc1)N1CCOC(c2nn[nH]n2)C1. The van der Waals surface area contributed by atoms with Crippen LogP contribution in [0.2, 0.25) is 0 Å². The highest BCUT2D eigenvalue weighted by molar-refractivity contribution is 5.94.